The van der Waals surface area contributed by atoms with E-state index in [0.717, 1.165) is 6.54 Å². The summed E-state index contributed by atoms with van der Waals surface area (Å²) in [7, 11) is 0. The average molecular weight is 244 g/mol. The zero-order valence-electron chi connectivity index (χ0n) is 9.67. The Labute approximate surface area is 106 Å². The van der Waals surface area contributed by atoms with Crippen molar-refractivity contribution in [2.24, 2.45) is 5.73 Å². The van der Waals surface area contributed by atoms with Crippen molar-refractivity contribution in [1.82, 2.24) is 4.57 Å². The highest BCUT2D eigenvalue weighted by Crippen LogP contribution is 2.37. The number of thioether (sulfide) groups is 1. The number of aromatic nitrogens is 1. The van der Waals surface area contributed by atoms with Crippen LogP contribution in [0.3, 0.4) is 0 Å². The summed E-state index contributed by atoms with van der Waals surface area (Å²) in [5, 5.41) is 0.658. The molecule has 3 heteroatoms. The van der Waals surface area contributed by atoms with Gasteiger partial charge in [-0.2, -0.15) is 0 Å². The third-order valence-corrected chi connectivity index (χ3v) is 4.48. The Bertz CT molecular complexity index is 493. The van der Waals surface area contributed by atoms with Crippen LogP contribution in [0, 0.1) is 0 Å². The highest BCUT2D eigenvalue weighted by atomic mass is 32.2. The van der Waals surface area contributed by atoms with Gasteiger partial charge in [0.1, 0.15) is 0 Å². The molecule has 0 spiro atoms. The zero-order chi connectivity index (χ0) is 11.7. The molecule has 0 saturated carbocycles. The van der Waals surface area contributed by atoms with E-state index in [2.05, 4.69) is 47.3 Å². The first kappa shape index (κ1) is 10.9. The van der Waals surface area contributed by atoms with Gasteiger partial charge in [-0.3, -0.25) is 0 Å². The second-order valence-electron chi connectivity index (χ2n) is 4.47. The van der Waals surface area contributed by atoms with Crippen LogP contribution in [-0.2, 0) is 19.5 Å². The average Bonchev–Trinajstić information content (AvgIpc) is 2.94. The predicted octanol–water partition coefficient (Wildman–Crippen LogP) is 2.66. The number of hydrogen-bond donors (Lipinski definition) is 1. The Hall–Kier alpha value is -1.19. The Kier molecular flexibility index (Phi) is 2.95. The summed E-state index contributed by atoms with van der Waals surface area (Å²) in [6, 6.07) is 10.8. The van der Waals surface area contributed by atoms with Gasteiger partial charge in [-0.05, 0) is 29.7 Å². The van der Waals surface area contributed by atoms with Gasteiger partial charge < -0.3 is 10.3 Å². The molecule has 1 aromatic carbocycles. The van der Waals surface area contributed by atoms with Crippen molar-refractivity contribution in [2.75, 3.05) is 0 Å². The van der Waals surface area contributed by atoms with E-state index in [4.69, 9.17) is 5.73 Å². The van der Waals surface area contributed by atoms with Gasteiger partial charge in [-0.25, -0.2) is 0 Å². The fourth-order valence-electron chi connectivity index (χ4n) is 2.32. The Morgan fingerprint density at radius 1 is 1.29 bits per heavy atom. The minimum absolute atomic E-state index is 0.630. The molecule has 0 amide bonds. The van der Waals surface area contributed by atoms with Gasteiger partial charge in [-0.15, -0.1) is 11.8 Å². The molecule has 0 aliphatic carbocycles. The molecule has 1 aliphatic heterocycles. The minimum atomic E-state index is 0.630. The van der Waals surface area contributed by atoms with Crippen molar-refractivity contribution in [1.29, 1.82) is 0 Å². The number of nitrogens with zero attached hydrogens (tertiary/aromatic N) is 1. The molecule has 0 fully saturated rings. The zero-order valence-corrected chi connectivity index (χ0v) is 10.5. The molecular formula is C14H16N2S. The number of fused-ring (bicyclic) bond motifs is 1. The summed E-state index contributed by atoms with van der Waals surface area (Å²) in [6.07, 6.45) is 5.46. The van der Waals surface area contributed by atoms with E-state index in [1.165, 1.54) is 22.4 Å². The largest absolute Gasteiger partial charge is 0.353 e. The lowest BCUT2D eigenvalue weighted by molar-refractivity contribution is 0.666. The highest BCUT2D eigenvalue weighted by Gasteiger charge is 2.21. The molecule has 2 nitrogen and oxygen atoms in total. The molecule has 1 aliphatic rings. The van der Waals surface area contributed by atoms with E-state index < -0.39 is 0 Å². The van der Waals surface area contributed by atoms with Crippen LogP contribution in [-0.4, -0.2) is 9.82 Å². The van der Waals surface area contributed by atoms with Crippen LogP contribution in [0.4, 0.5) is 0 Å². The van der Waals surface area contributed by atoms with E-state index in [0.29, 0.717) is 11.8 Å². The third-order valence-electron chi connectivity index (χ3n) is 3.18. The van der Waals surface area contributed by atoms with Gasteiger partial charge in [0, 0.05) is 35.6 Å². The summed E-state index contributed by atoms with van der Waals surface area (Å²) in [5.41, 5.74) is 8.33. The summed E-state index contributed by atoms with van der Waals surface area (Å²) in [6.45, 7) is 1.70. The van der Waals surface area contributed by atoms with Gasteiger partial charge in [0.05, 0.1) is 0 Å². The monoisotopic (exact) mass is 244 g/mol. The minimum Gasteiger partial charge on any atom is -0.353 e. The number of rotatable bonds is 3. The molecule has 1 aromatic heterocycles. The molecule has 2 aromatic rings. The van der Waals surface area contributed by atoms with E-state index in [9.17, 15) is 0 Å². The van der Waals surface area contributed by atoms with Crippen molar-refractivity contribution < 1.29 is 0 Å². The van der Waals surface area contributed by atoms with Gasteiger partial charge in [0.2, 0.25) is 0 Å². The van der Waals surface area contributed by atoms with Crippen molar-refractivity contribution in [3.05, 3.63) is 53.9 Å². The predicted molar refractivity (Wildman–Crippen MR) is 72.1 cm³/mol. The highest BCUT2D eigenvalue weighted by molar-refractivity contribution is 8.00. The van der Waals surface area contributed by atoms with Crippen molar-refractivity contribution in [3.63, 3.8) is 0 Å². The number of benzene rings is 1. The lowest BCUT2D eigenvalue weighted by atomic mass is 10.1. The van der Waals surface area contributed by atoms with Crippen molar-refractivity contribution in [2.45, 2.75) is 29.7 Å². The normalized spacial score (nSPS) is 18.3. The fraction of sp³-hybridized carbons (Fsp3) is 0.286. The maximum absolute atomic E-state index is 5.62. The summed E-state index contributed by atoms with van der Waals surface area (Å²) < 4.78 is 2.26. The topological polar surface area (TPSA) is 30.9 Å². The van der Waals surface area contributed by atoms with Crippen LogP contribution in [0.5, 0.6) is 0 Å². The van der Waals surface area contributed by atoms with Crippen LogP contribution in [0.1, 0.15) is 11.1 Å². The van der Waals surface area contributed by atoms with E-state index in [1.807, 2.05) is 11.8 Å². The van der Waals surface area contributed by atoms with Gasteiger partial charge >= 0.3 is 0 Å². The Morgan fingerprint density at radius 3 is 2.94 bits per heavy atom. The van der Waals surface area contributed by atoms with Crippen LogP contribution in [0.2, 0.25) is 0 Å². The number of hydrogen-bond acceptors (Lipinski definition) is 2. The SMILES string of the molecule is NCc1ccn(CC2Cc3ccccc3S2)c1. The molecule has 0 saturated heterocycles. The van der Waals surface area contributed by atoms with Crippen LogP contribution >= 0.6 is 11.8 Å². The third kappa shape index (κ3) is 2.26. The summed E-state index contributed by atoms with van der Waals surface area (Å²) in [5.74, 6) is 0. The van der Waals surface area contributed by atoms with E-state index in [-0.39, 0.29) is 0 Å². The fourth-order valence-corrected chi connectivity index (χ4v) is 3.64. The molecule has 17 heavy (non-hydrogen) atoms. The lowest BCUT2D eigenvalue weighted by Gasteiger charge is -2.09. The van der Waals surface area contributed by atoms with Crippen LogP contribution in [0.15, 0.2) is 47.6 Å². The molecule has 88 valence electrons. The first-order chi connectivity index (χ1) is 8.35. The van der Waals surface area contributed by atoms with E-state index in [1.54, 1.807) is 0 Å². The molecule has 0 radical (unpaired) electrons. The maximum atomic E-state index is 5.62. The molecule has 0 bridgehead atoms. The standard InChI is InChI=1S/C14H16N2S/c15-8-11-5-6-16(9-11)10-13-7-12-3-1-2-4-14(12)17-13/h1-6,9,13H,7-8,10,15H2. The van der Waals surface area contributed by atoms with Crippen LogP contribution < -0.4 is 5.73 Å². The molecule has 2 heterocycles. The Morgan fingerprint density at radius 2 is 2.18 bits per heavy atom. The lowest BCUT2D eigenvalue weighted by Crippen LogP contribution is -2.10. The van der Waals surface area contributed by atoms with Gasteiger partial charge in [0.25, 0.3) is 0 Å². The molecular weight excluding hydrogens is 228 g/mol. The maximum Gasteiger partial charge on any atom is 0.0345 e. The summed E-state index contributed by atoms with van der Waals surface area (Å²) in [4.78, 5) is 1.45. The quantitative estimate of drug-likeness (QED) is 0.900. The van der Waals surface area contributed by atoms with Crippen LogP contribution in [0.25, 0.3) is 0 Å². The second-order valence-corrected chi connectivity index (χ2v) is 5.81. The molecule has 1 atom stereocenters. The first-order valence-corrected chi connectivity index (χ1v) is 6.82. The smallest absolute Gasteiger partial charge is 0.0345 e. The van der Waals surface area contributed by atoms with Crippen molar-refractivity contribution >= 4 is 11.8 Å². The summed E-state index contributed by atoms with van der Waals surface area (Å²) >= 11 is 2.00. The first-order valence-electron chi connectivity index (χ1n) is 5.94. The molecule has 2 N–H and O–H groups in total. The van der Waals surface area contributed by atoms with Gasteiger partial charge in [-0.1, -0.05) is 18.2 Å². The van der Waals surface area contributed by atoms with Gasteiger partial charge in [0.15, 0.2) is 0 Å². The molecule has 1 unspecified atom stereocenters. The van der Waals surface area contributed by atoms with E-state index >= 15 is 0 Å². The second kappa shape index (κ2) is 4.59. The number of nitrogens with two attached hydrogens (primary N) is 1. The van der Waals surface area contributed by atoms with Crippen molar-refractivity contribution in [3.8, 4) is 0 Å². The molecule has 3 rings (SSSR count). The Balaban J connectivity index is 1.69.